The smallest absolute Gasteiger partial charge is 0.274 e. The van der Waals surface area contributed by atoms with Gasteiger partial charge in [0.1, 0.15) is 5.69 Å². The van der Waals surface area contributed by atoms with Crippen molar-refractivity contribution in [3.63, 3.8) is 0 Å². The fourth-order valence-corrected chi connectivity index (χ4v) is 1.81. The van der Waals surface area contributed by atoms with E-state index in [-0.39, 0.29) is 12.2 Å². The summed E-state index contributed by atoms with van der Waals surface area (Å²) in [6, 6.07) is 4.33. The van der Waals surface area contributed by atoms with Crippen LogP contribution in [0, 0.1) is 10.1 Å². The van der Waals surface area contributed by atoms with Crippen molar-refractivity contribution in [1.82, 2.24) is 15.0 Å². The minimum Gasteiger partial charge on any atom is -0.387 e. The highest BCUT2D eigenvalue weighted by molar-refractivity contribution is 6.30. The van der Waals surface area contributed by atoms with Gasteiger partial charge in [0.15, 0.2) is 0 Å². The number of benzene rings is 1. The van der Waals surface area contributed by atoms with E-state index in [1.165, 1.54) is 29.1 Å². The third kappa shape index (κ3) is 3.07. The SMILES string of the molecule is CC(O)c1cn(Cc2cc(Cl)ccc2[N+](=O)[O-])nn1. The lowest BCUT2D eigenvalue weighted by atomic mass is 10.2. The largest absolute Gasteiger partial charge is 0.387 e. The number of aliphatic hydroxyl groups is 1. The summed E-state index contributed by atoms with van der Waals surface area (Å²) in [5.41, 5.74) is 0.808. The number of halogens is 1. The Kier molecular flexibility index (Phi) is 3.77. The molecule has 1 atom stereocenters. The van der Waals surface area contributed by atoms with Crippen LogP contribution < -0.4 is 0 Å². The number of aliphatic hydroxyl groups excluding tert-OH is 1. The van der Waals surface area contributed by atoms with Crippen molar-refractivity contribution in [2.24, 2.45) is 0 Å². The van der Waals surface area contributed by atoms with Gasteiger partial charge in [0.2, 0.25) is 0 Å². The molecule has 0 aliphatic carbocycles. The summed E-state index contributed by atoms with van der Waals surface area (Å²) < 4.78 is 1.42. The van der Waals surface area contributed by atoms with Crippen molar-refractivity contribution in [1.29, 1.82) is 0 Å². The molecule has 1 heterocycles. The van der Waals surface area contributed by atoms with E-state index in [0.717, 1.165) is 0 Å². The maximum atomic E-state index is 10.9. The predicted molar refractivity (Wildman–Crippen MR) is 67.9 cm³/mol. The molecule has 7 nitrogen and oxygen atoms in total. The first-order valence-corrected chi connectivity index (χ1v) is 5.86. The van der Waals surface area contributed by atoms with Crippen molar-refractivity contribution in [3.8, 4) is 0 Å². The summed E-state index contributed by atoms with van der Waals surface area (Å²) in [6.45, 7) is 1.73. The van der Waals surface area contributed by atoms with Gasteiger partial charge in [0.05, 0.1) is 29.3 Å². The summed E-state index contributed by atoms with van der Waals surface area (Å²) in [4.78, 5) is 10.4. The van der Waals surface area contributed by atoms with Crippen LogP contribution in [0.1, 0.15) is 24.3 Å². The maximum absolute atomic E-state index is 10.9. The number of hydrogen-bond donors (Lipinski definition) is 1. The van der Waals surface area contributed by atoms with Crippen molar-refractivity contribution < 1.29 is 10.0 Å². The van der Waals surface area contributed by atoms with Crippen molar-refractivity contribution in [2.45, 2.75) is 19.6 Å². The second kappa shape index (κ2) is 5.33. The van der Waals surface area contributed by atoms with Crippen LogP contribution in [0.4, 0.5) is 5.69 Å². The van der Waals surface area contributed by atoms with Gasteiger partial charge in [0, 0.05) is 11.1 Å². The molecule has 0 amide bonds. The third-order valence-corrected chi connectivity index (χ3v) is 2.79. The second-order valence-electron chi connectivity index (χ2n) is 4.05. The van der Waals surface area contributed by atoms with Gasteiger partial charge in [-0.3, -0.25) is 10.1 Å². The number of nitro benzene ring substituents is 1. The van der Waals surface area contributed by atoms with E-state index in [2.05, 4.69) is 10.3 Å². The van der Waals surface area contributed by atoms with Gasteiger partial charge in [-0.05, 0) is 19.1 Å². The third-order valence-electron chi connectivity index (χ3n) is 2.55. The van der Waals surface area contributed by atoms with Crippen LogP contribution in [-0.4, -0.2) is 25.0 Å². The summed E-state index contributed by atoms with van der Waals surface area (Å²) in [7, 11) is 0. The Labute approximate surface area is 113 Å². The molecule has 1 aromatic carbocycles. The van der Waals surface area contributed by atoms with Crippen molar-refractivity contribution >= 4 is 17.3 Å². The first-order chi connectivity index (χ1) is 8.97. The van der Waals surface area contributed by atoms with E-state index < -0.39 is 11.0 Å². The van der Waals surface area contributed by atoms with Gasteiger partial charge in [-0.25, -0.2) is 4.68 Å². The Hall–Kier alpha value is -1.99. The molecule has 0 aliphatic heterocycles. The summed E-state index contributed by atoms with van der Waals surface area (Å²) in [5.74, 6) is 0. The fourth-order valence-electron chi connectivity index (χ4n) is 1.62. The zero-order valence-electron chi connectivity index (χ0n) is 10.0. The van der Waals surface area contributed by atoms with Gasteiger partial charge in [-0.15, -0.1) is 5.10 Å². The molecular formula is C11H11ClN4O3. The van der Waals surface area contributed by atoms with Crippen molar-refractivity contribution in [3.05, 3.63) is 50.8 Å². The first-order valence-electron chi connectivity index (χ1n) is 5.48. The molecule has 1 aromatic heterocycles. The monoisotopic (exact) mass is 282 g/mol. The second-order valence-corrected chi connectivity index (χ2v) is 4.48. The van der Waals surface area contributed by atoms with Crippen LogP contribution in [0.5, 0.6) is 0 Å². The Bertz CT molecular complexity index is 612. The molecule has 0 bridgehead atoms. The van der Waals surface area contributed by atoms with E-state index in [4.69, 9.17) is 11.6 Å². The molecule has 1 N–H and O–H groups in total. The Morgan fingerprint density at radius 3 is 2.89 bits per heavy atom. The number of aromatic nitrogens is 3. The lowest BCUT2D eigenvalue weighted by Gasteiger charge is -2.03. The topological polar surface area (TPSA) is 94.1 Å². The molecule has 0 saturated heterocycles. The molecule has 2 rings (SSSR count). The summed E-state index contributed by atoms with van der Waals surface area (Å²) in [6.07, 6.45) is 0.804. The lowest BCUT2D eigenvalue weighted by molar-refractivity contribution is -0.385. The zero-order chi connectivity index (χ0) is 14.0. The maximum Gasteiger partial charge on any atom is 0.274 e. The lowest BCUT2D eigenvalue weighted by Crippen LogP contribution is -2.04. The molecule has 2 aromatic rings. The van der Waals surface area contributed by atoms with Gasteiger partial charge < -0.3 is 5.11 Å². The van der Waals surface area contributed by atoms with Crippen LogP contribution in [0.25, 0.3) is 0 Å². The highest BCUT2D eigenvalue weighted by atomic mass is 35.5. The Morgan fingerprint density at radius 2 is 2.32 bits per heavy atom. The molecule has 100 valence electrons. The molecule has 0 saturated carbocycles. The van der Waals surface area contributed by atoms with Gasteiger partial charge in [0.25, 0.3) is 5.69 Å². The molecule has 0 fully saturated rings. The van der Waals surface area contributed by atoms with Gasteiger partial charge >= 0.3 is 0 Å². The molecule has 0 radical (unpaired) electrons. The summed E-state index contributed by atoms with van der Waals surface area (Å²) in [5, 5.41) is 28.2. The average Bonchev–Trinajstić information content (AvgIpc) is 2.77. The van der Waals surface area contributed by atoms with Crippen LogP contribution in [-0.2, 0) is 6.54 Å². The number of rotatable bonds is 4. The van der Waals surface area contributed by atoms with E-state index >= 15 is 0 Å². The molecule has 1 unspecified atom stereocenters. The van der Waals surface area contributed by atoms with Crippen molar-refractivity contribution in [2.75, 3.05) is 0 Å². The minimum atomic E-state index is -0.733. The number of hydrogen-bond acceptors (Lipinski definition) is 5. The van der Waals surface area contributed by atoms with E-state index in [1.54, 1.807) is 6.92 Å². The van der Waals surface area contributed by atoms with Gasteiger partial charge in [-0.2, -0.15) is 0 Å². The number of nitrogens with zero attached hydrogens (tertiary/aromatic N) is 4. The Balaban J connectivity index is 2.31. The highest BCUT2D eigenvalue weighted by Gasteiger charge is 2.15. The van der Waals surface area contributed by atoms with E-state index in [9.17, 15) is 15.2 Å². The standard InChI is InChI=1S/C11H11ClN4O3/c1-7(17)10-6-15(14-13-10)5-8-4-9(12)2-3-11(8)16(18)19/h2-4,6-7,17H,5H2,1H3. The quantitative estimate of drug-likeness (QED) is 0.683. The zero-order valence-corrected chi connectivity index (χ0v) is 10.8. The molecule has 0 spiro atoms. The first kappa shape index (κ1) is 13.4. The van der Waals surface area contributed by atoms with Crippen LogP contribution >= 0.6 is 11.6 Å². The van der Waals surface area contributed by atoms with Crippen LogP contribution in [0.2, 0.25) is 5.02 Å². The van der Waals surface area contributed by atoms with Gasteiger partial charge in [-0.1, -0.05) is 16.8 Å². The molecule has 0 aliphatic rings. The normalized spacial score (nSPS) is 12.4. The fraction of sp³-hybridized carbons (Fsp3) is 0.273. The number of nitro groups is 1. The van der Waals surface area contributed by atoms with Crippen LogP contribution in [0.15, 0.2) is 24.4 Å². The average molecular weight is 283 g/mol. The minimum absolute atomic E-state index is 0.0292. The van der Waals surface area contributed by atoms with Crippen LogP contribution in [0.3, 0.4) is 0 Å². The summed E-state index contributed by atoms with van der Waals surface area (Å²) >= 11 is 5.84. The van der Waals surface area contributed by atoms with E-state index in [1.807, 2.05) is 0 Å². The highest BCUT2D eigenvalue weighted by Crippen LogP contribution is 2.23. The van der Waals surface area contributed by atoms with E-state index in [0.29, 0.717) is 16.3 Å². The molecule has 8 heteroatoms. The predicted octanol–water partition coefficient (Wildman–Crippen LogP) is 1.94. The Morgan fingerprint density at radius 1 is 1.58 bits per heavy atom. The molecular weight excluding hydrogens is 272 g/mol. The molecule has 19 heavy (non-hydrogen) atoms.